The van der Waals surface area contributed by atoms with E-state index in [1.807, 2.05) is 42.5 Å². The molecule has 50 heavy (non-hydrogen) atoms. The largest absolute Gasteiger partial charge is 0.456 e. The summed E-state index contributed by atoms with van der Waals surface area (Å²) in [6.07, 6.45) is 0. The molecule has 9 aromatic rings. The third-order valence-electron chi connectivity index (χ3n) is 9.39. The summed E-state index contributed by atoms with van der Waals surface area (Å²) in [5.41, 5.74) is 11.8. The van der Waals surface area contributed by atoms with Gasteiger partial charge in [-0.3, -0.25) is 0 Å². The molecule has 5 heteroatoms. The fourth-order valence-corrected chi connectivity index (χ4v) is 7.06. The molecule has 0 saturated heterocycles. The van der Waals surface area contributed by atoms with Crippen LogP contribution < -0.4 is 4.90 Å². The summed E-state index contributed by atoms with van der Waals surface area (Å²) >= 11 is 0. The summed E-state index contributed by atoms with van der Waals surface area (Å²) in [4.78, 5) is 17.5. The summed E-state index contributed by atoms with van der Waals surface area (Å²) in [6.45, 7) is 0. The van der Waals surface area contributed by atoms with Crippen LogP contribution in [0.4, 0.5) is 17.1 Å². The SMILES string of the molecule is c1ccc(-c2nc3nc(n2)-c2cccc(c2)-c2cc(cc4oc5ccccc5c24)N(c2ccccc2)c2cccc(c2)-c2cccc-3c2)cc1. The van der Waals surface area contributed by atoms with E-state index in [-0.39, 0.29) is 0 Å². The van der Waals surface area contributed by atoms with Crippen molar-refractivity contribution in [2.45, 2.75) is 0 Å². The first-order valence-electron chi connectivity index (χ1n) is 16.7. The lowest BCUT2D eigenvalue weighted by atomic mass is 9.96. The van der Waals surface area contributed by atoms with Crippen LogP contribution in [0.3, 0.4) is 0 Å². The van der Waals surface area contributed by atoms with E-state index >= 15 is 0 Å². The Morgan fingerprint density at radius 2 is 0.900 bits per heavy atom. The van der Waals surface area contributed by atoms with Gasteiger partial charge in [-0.05, 0) is 70.8 Å². The number of hydrogen-bond donors (Lipinski definition) is 0. The molecule has 10 rings (SSSR count). The highest BCUT2D eigenvalue weighted by Crippen LogP contribution is 2.44. The summed E-state index contributed by atoms with van der Waals surface area (Å²) in [5.74, 6) is 1.87. The molecule has 234 valence electrons. The lowest BCUT2D eigenvalue weighted by molar-refractivity contribution is 0.669. The van der Waals surface area contributed by atoms with E-state index in [4.69, 9.17) is 19.4 Å². The molecule has 0 unspecified atom stereocenters. The molecule has 10 bridgehead atoms. The molecule has 0 spiro atoms. The second-order valence-corrected chi connectivity index (χ2v) is 12.5. The summed E-state index contributed by atoms with van der Waals surface area (Å²) < 4.78 is 6.60. The Bertz CT molecular complexity index is 2720. The molecule has 0 amide bonds. The first-order chi connectivity index (χ1) is 24.7. The Morgan fingerprint density at radius 3 is 1.66 bits per heavy atom. The highest BCUT2D eigenvalue weighted by molar-refractivity contribution is 6.14. The van der Waals surface area contributed by atoms with Gasteiger partial charge in [-0.15, -0.1) is 0 Å². The molecule has 7 aromatic carbocycles. The number of hydrogen-bond acceptors (Lipinski definition) is 5. The van der Waals surface area contributed by atoms with Crippen molar-refractivity contribution in [3.8, 4) is 56.4 Å². The molecule has 0 N–H and O–H groups in total. The zero-order valence-electron chi connectivity index (χ0n) is 26.9. The van der Waals surface area contributed by atoms with Crippen molar-refractivity contribution in [2.75, 3.05) is 4.90 Å². The number of rotatable bonds is 2. The van der Waals surface area contributed by atoms with Crippen LogP contribution in [0.5, 0.6) is 0 Å². The van der Waals surface area contributed by atoms with Crippen molar-refractivity contribution in [3.05, 3.63) is 170 Å². The van der Waals surface area contributed by atoms with E-state index in [2.05, 4.69) is 132 Å². The van der Waals surface area contributed by atoms with E-state index in [9.17, 15) is 0 Å². The molecule has 5 nitrogen and oxygen atoms in total. The molecule has 3 heterocycles. The number of furan rings is 1. The molecular weight excluding hydrogens is 613 g/mol. The van der Waals surface area contributed by atoms with Gasteiger partial charge in [0.1, 0.15) is 11.2 Å². The third kappa shape index (κ3) is 4.75. The number of benzene rings is 7. The van der Waals surface area contributed by atoms with Crippen LogP contribution in [-0.4, -0.2) is 15.0 Å². The van der Waals surface area contributed by atoms with Crippen LogP contribution >= 0.6 is 0 Å². The van der Waals surface area contributed by atoms with Crippen molar-refractivity contribution < 1.29 is 4.42 Å². The normalized spacial score (nSPS) is 12.0. The number of fused-ring (bicyclic) bond motifs is 18. The molecule has 0 saturated carbocycles. The second-order valence-electron chi connectivity index (χ2n) is 12.5. The van der Waals surface area contributed by atoms with Gasteiger partial charge in [0.25, 0.3) is 0 Å². The smallest absolute Gasteiger partial charge is 0.164 e. The fourth-order valence-electron chi connectivity index (χ4n) is 7.06. The van der Waals surface area contributed by atoms with Crippen LogP contribution in [0, 0.1) is 0 Å². The lowest BCUT2D eigenvalue weighted by Crippen LogP contribution is -2.10. The Labute approximate surface area is 288 Å². The Hall–Kier alpha value is -6.85. The third-order valence-corrected chi connectivity index (χ3v) is 9.39. The number of para-hydroxylation sites is 2. The first-order valence-corrected chi connectivity index (χ1v) is 16.7. The first kappa shape index (κ1) is 28.2. The van der Waals surface area contributed by atoms with E-state index in [0.29, 0.717) is 17.5 Å². The van der Waals surface area contributed by atoms with E-state index in [1.54, 1.807) is 0 Å². The maximum absolute atomic E-state index is 6.60. The van der Waals surface area contributed by atoms with E-state index < -0.39 is 0 Å². The van der Waals surface area contributed by atoms with Gasteiger partial charge in [0.2, 0.25) is 0 Å². The van der Waals surface area contributed by atoms with Gasteiger partial charge >= 0.3 is 0 Å². The van der Waals surface area contributed by atoms with Gasteiger partial charge in [0.15, 0.2) is 17.5 Å². The Balaban J connectivity index is 1.32. The van der Waals surface area contributed by atoms with Crippen LogP contribution in [-0.2, 0) is 0 Å². The summed E-state index contributed by atoms with van der Waals surface area (Å²) in [5, 5.41) is 2.14. The monoisotopic (exact) mass is 640 g/mol. The van der Waals surface area contributed by atoms with Crippen LogP contribution in [0.1, 0.15) is 0 Å². The summed E-state index contributed by atoms with van der Waals surface area (Å²) in [6, 6.07) is 59.0. The zero-order valence-corrected chi connectivity index (χ0v) is 26.9. The fraction of sp³-hybridized carbons (Fsp3) is 0. The lowest BCUT2D eigenvalue weighted by Gasteiger charge is -2.27. The zero-order chi connectivity index (χ0) is 33.0. The highest BCUT2D eigenvalue weighted by Gasteiger charge is 2.21. The maximum Gasteiger partial charge on any atom is 0.164 e. The average Bonchev–Trinajstić information content (AvgIpc) is 3.57. The Morgan fingerprint density at radius 1 is 0.360 bits per heavy atom. The summed E-state index contributed by atoms with van der Waals surface area (Å²) in [7, 11) is 0. The van der Waals surface area contributed by atoms with Crippen LogP contribution in [0.25, 0.3) is 78.4 Å². The van der Waals surface area contributed by atoms with Crippen LogP contribution in [0.15, 0.2) is 174 Å². The second kappa shape index (κ2) is 11.4. The topological polar surface area (TPSA) is 55.1 Å². The predicted molar refractivity (Wildman–Crippen MR) is 203 cm³/mol. The van der Waals surface area contributed by atoms with Gasteiger partial charge in [0.05, 0.1) is 5.69 Å². The van der Waals surface area contributed by atoms with Gasteiger partial charge in [-0.25, -0.2) is 15.0 Å². The van der Waals surface area contributed by atoms with Crippen molar-refractivity contribution in [3.63, 3.8) is 0 Å². The van der Waals surface area contributed by atoms with Crippen LogP contribution in [0.2, 0.25) is 0 Å². The van der Waals surface area contributed by atoms with Crippen molar-refractivity contribution >= 4 is 39.0 Å². The van der Waals surface area contributed by atoms with Gasteiger partial charge in [-0.1, -0.05) is 115 Å². The molecule has 0 atom stereocenters. The number of nitrogens with zero attached hydrogens (tertiary/aromatic N) is 4. The minimum atomic E-state index is 0.616. The molecule has 1 aliphatic rings. The number of aromatic nitrogens is 3. The molecule has 1 aliphatic heterocycles. The van der Waals surface area contributed by atoms with E-state index in [0.717, 1.165) is 77.9 Å². The highest BCUT2D eigenvalue weighted by atomic mass is 16.3. The van der Waals surface area contributed by atoms with Crippen molar-refractivity contribution in [2.24, 2.45) is 0 Å². The van der Waals surface area contributed by atoms with Crippen molar-refractivity contribution in [1.82, 2.24) is 15.0 Å². The molecule has 0 radical (unpaired) electrons. The van der Waals surface area contributed by atoms with Gasteiger partial charge in [0, 0.05) is 44.9 Å². The molecule has 0 aliphatic carbocycles. The predicted octanol–water partition coefficient (Wildman–Crippen LogP) is 11.9. The quantitative estimate of drug-likeness (QED) is 0.188. The molecule has 2 aromatic heterocycles. The Kier molecular flexibility index (Phi) is 6.42. The van der Waals surface area contributed by atoms with E-state index in [1.165, 1.54) is 0 Å². The van der Waals surface area contributed by atoms with Gasteiger partial charge < -0.3 is 9.32 Å². The maximum atomic E-state index is 6.60. The molecular formula is C45H28N4O. The molecule has 0 fully saturated rings. The number of anilines is 3. The van der Waals surface area contributed by atoms with Gasteiger partial charge in [-0.2, -0.15) is 0 Å². The minimum Gasteiger partial charge on any atom is -0.456 e. The minimum absolute atomic E-state index is 0.616. The average molecular weight is 641 g/mol. The standard InChI is InChI=1S/C45H28N4O/c1-3-12-29(13-4-1)43-46-44-33-17-9-14-30(24-33)31-15-11-21-36(26-31)49(35-19-5-2-6-20-35)37-27-39(32-16-10-18-34(25-32)45(47-43)48-44)42-38-22-7-8-23-40(38)50-41(42)28-37/h1-28H. The van der Waals surface area contributed by atoms with Crippen molar-refractivity contribution in [1.29, 1.82) is 0 Å².